The summed E-state index contributed by atoms with van der Waals surface area (Å²) in [5, 5.41) is 4.29. The molecule has 90 valence electrons. The van der Waals surface area contributed by atoms with Gasteiger partial charge in [-0.2, -0.15) is 4.52 Å². The van der Waals surface area contributed by atoms with E-state index in [1.807, 2.05) is 30.3 Å². The molecule has 0 saturated carbocycles. The molecular weight excluding hydrogens is 266 g/mol. The first kappa shape index (κ1) is 11.4. The molecule has 4 nitrogen and oxygen atoms in total. The zero-order valence-corrected chi connectivity index (χ0v) is 11.2. The number of nitrogens with zero attached hydrogens (tertiary/aromatic N) is 3. The van der Waals surface area contributed by atoms with Crippen molar-refractivity contribution in [3.63, 3.8) is 0 Å². The predicted molar refractivity (Wildman–Crippen MR) is 72.4 cm³/mol. The van der Waals surface area contributed by atoms with Crippen molar-refractivity contribution in [2.45, 2.75) is 16.2 Å². The van der Waals surface area contributed by atoms with Crippen LogP contribution in [0.2, 0.25) is 0 Å². The van der Waals surface area contributed by atoms with Crippen molar-refractivity contribution in [1.29, 1.82) is 0 Å². The van der Waals surface area contributed by atoms with E-state index in [1.165, 1.54) is 27.6 Å². The van der Waals surface area contributed by atoms with Crippen LogP contribution >= 0.6 is 23.1 Å². The van der Waals surface area contributed by atoms with Gasteiger partial charge >= 0.3 is 0 Å². The van der Waals surface area contributed by atoms with Crippen LogP contribution in [0, 0.1) is 6.92 Å². The lowest BCUT2D eigenvalue weighted by Gasteiger charge is -1.94. The summed E-state index contributed by atoms with van der Waals surface area (Å²) in [5.74, 6) is 0. The first-order valence-corrected chi connectivity index (χ1v) is 6.96. The van der Waals surface area contributed by atoms with E-state index < -0.39 is 0 Å². The molecule has 0 unspecified atom stereocenters. The summed E-state index contributed by atoms with van der Waals surface area (Å²) in [7, 11) is 0. The van der Waals surface area contributed by atoms with Crippen LogP contribution in [0.1, 0.15) is 5.56 Å². The molecule has 0 saturated heterocycles. The number of aromatic nitrogens is 3. The zero-order chi connectivity index (χ0) is 12.5. The van der Waals surface area contributed by atoms with E-state index in [-0.39, 0.29) is 5.56 Å². The SMILES string of the molecule is Cc1cnc2sc(Sc3ccccc3)nn2c1=O. The fourth-order valence-corrected chi connectivity index (χ4v) is 3.37. The van der Waals surface area contributed by atoms with Crippen LogP contribution < -0.4 is 5.56 Å². The van der Waals surface area contributed by atoms with Crippen molar-refractivity contribution in [1.82, 2.24) is 14.6 Å². The summed E-state index contributed by atoms with van der Waals surface area (Å²) in [4.78, 5) is 17.8. The van der Waals surface area contributed by atoms with E-state index in [0.29, 0.717) is 10.5 Å². The molecule has 0 atom stereocenters. The van der Waals surface area contributed by atoms with E-state index >= 15 is 0 Å². The van der Waals surface area contributed by atoms with Crippen molar-refractivity contribution in [2.75, 3.05) is 0 Å². The Morgan fingerprint density at radius 1 is 1.28 bits per heavy atom. The molecule has 1 aromatic carbocycles. The van der Waals surface area contributed by atoms with Gasteiger partial charge in [-0.1, -0.05) is 41.3 Å². The number of hydrogen-bond donors (Lipinski definition) is 0. The Morgan fingerprint density at radius 3 is 2.83 bits per heavy atom. The summed E-state index contributed by atoms with van der Waals surface area (Å²) in [5.41, 5.74) is 0.505. The van der Waals surface area contributed by atoms with Crippen LogP contribution in [-0.4, -0.2) is 14.6 Å². The minimum absolute atomic E-state index is 0.101. The van der Waals surface area contributed by atoms with Crippen LogP contribution in [0.3, 0.4) is 0 Å². The Labute approximate surface area is 111 Å². The van der Waals surface area contributed by atoms with Gasteiger partial charge in [-0.25, -0.2) is 4.98 Å². The van der Waals surface area contributed by atoms with Gasteiger partial charge in [-0.15, -0.1) is 5.10 Å². The van der Waals surface area contributed by atoms with Gasteiger partial charge in [-0.05, 0) is 19.1 Å². The van der Waals surface area contributed by atoms with Gasteiger partial charge in [0.1, 0.15) is 0 Å². The lowest BCUT2D eigenvalue weighted by atomic mass is 10.4. The van der Waals surface area contributed by atoms with Crippen LogP contribution in [0.25, 0.3) is 4.96 Å². The van der Waals surface area contributed by atoms with E-state index in [1.54, 1.807) is 13.1 Å². The maximum Gasteiger partial charge on any atom is 0.278 e. The van der Waals surface area contributed by atoms with Gasteiger partial charge in [0.25, 0.3) is 5.56 Å². The molecule has 0 aliphatic rings. The average Bonchev–Trinajstić information content (AvgIpc) is 2.79. The third kappa shape index (κ3) is 2.04. The normalized spacial score (nSPS) is 10.9. The van der Waals surface area contributed by atoms with Gasteiger partial charge in [0.15, 0.2) is 4.34 Å². The highest BCUT2D eigenvalue weighted by molar-refractivity contribution is 8.01. The maximum absolute atomic E-state index is 11.9. The highest BCUT2D eigenvalue weighted by Crippen LogP contribution is 2.30. The Hall–Kier alpha value is -1.66. The lowest BCUT2D eigenvalue weighted by molar-refractivity contribution is 0.846. The molecule has 0 aliphatic heterocycles. The van der Waals surface area contributed by atoms with Crippen LogP contribution in [0.5, 0.6) is 0 Å². The third-order valence-corrected chi connectivity index (χ3v) is 4.37. The van der Waals surface area contributed by atoms with Gasteiger partial charge in [0.2, 0.25) is 4.96 Å². The molecular formula is C12H9N3OS2. The Morgan fingerprint density at radius 2 is 2.06 bits per heavy atom. The Bertz CT molecular complexity index is 749. The molecule has 0 amide bonds. The molecule has 0 fully saturated rings. The summed E-state index contributed by atoms with van der Waals surface area (Å²) in [6.07, 6.45) is 1.59. The third-order valence-electron chi connectivity index (χ3n) is 2.39. The fourth-order valence-electron chi connectivity index (χ4n) is 1.48. The highest BCUT2D eigenvalue weighted by Gasteiger charge is 2.09. The molecule has 0 spiro atoms. The molecule has 3 rings (SSSR count). The minimum atomic E-state index is -0.101. The topological polar surface area (TPSA) is 47.3 Å². The monoisotopic (exact) mass is 275 g/mol. The molecule has 2 aromatic heterocycles. The summed E-state index contributed by atoms with van der Waals surface area (Å²) < 4.78 is 2.18. The second kappa shape index (κ2) is 4.55. The molecule has 2 heterocycles. The fraction of sp³-hybridized carbons (Fsp3) is 0.0833. The second-order valence-corrected chi connectivity index (χ2v) is 6.00. The second-order valence-electron chi connectivity index (χ2n) is 3.72. The predicted octanol–water partition coefficient (Wildman–Crippen LogP) is 2.61. The first-order chi connectivity index (χ1) is 8.74. The Kier molecular flexibility index (Phi) is 2.89. The van der Waals surface area contributed by atoms with Crippen molar-refractivity contribution in [3.8, 4) is 0 Å². The van der Waals surface area contributed by atoms with Crippen molar-refractivity contribution < 1.29 is 0 Å². The number of fused-ring (bicyclic) bond motifs is 1. The molecule has 0 aliphatic carbocycles. The summed E-state index contributed by atoms with van der Waals surface area (Å²) in [6, 6.07) is 9.95. The van der Waals surface area contributed by atoms with Crippen molar-refractivity contribution in [3.05, 3.63) is 52.4 Å². The molecule has 0 radical (unpaired) electrons. The van der Waals surface area contributed by atoms with Crippen molar-refractivity contribution in [2.24, 2.45) is 0 Å². The highest BCUT2D eigenvalue weighted by atomic mass is 32.2. The molecule has 6 heteroatoms. The molecule has 0 N–H and O–H groups in total. The number of rotatable bonds is 2. The van der Waals surface area contributed by atoms with E-state index in [0.717, 1.165) is 9.24 Å². The molecule has 18 heavy (non-hydrogen) atoms. The van der Waals surface area contributed by atoms with Gasteiger partial charge < -0.3 is 0 Å². The minimum Gasteiger partial charge on any atom is -0.267 e. The van der Waals surface area contributed by atoms with Gasteiger partial charge in [0, 0.05) is 16.7 Å². The summed E-state index contributed by atoms with van der Waals surface area (Å²) >= 11 is 2.95. The van der Waals surface area contributed by atoms with E-state index in [9.17, 15) is 4.79 Å². The zero-order valence-electron chi connectivity index (χ0n) is 9.53. The van der Waals surface area contributed by atoms with Crippen molar-refractivity contribution >= 4 is 28.1 Å². The largest absolute Gasteiger partial charge is 0.278 e. The Balaban J connectivity index is 2.04. The number of benzene rings is 1. The molecule has 0 bridgehead atoms. The first-order valence-electron chi connectivity index (χ1n) is 5.32. The van der Waals surface area contributed by atoms with E-state index in [4.69, 9.17) is 0 Å². The standard InChI is InChI=1S/C12H9N3OS2/c1-8-7-13-11-15(10(8)16)14-12(18-11)17-9-5-3-2-4-6-9/h2-7H,1H3. The summed E-state index contributed by atoms with van der Waals surface area (Å²) in [6.45, 7) is 1.74. The number of hydrogen-bond acceptors (Lipinski definition) is 5. The van der Waals surface area contributed by atoms with Crippen LogP contribution in [0.4, 0.5) is 0 Å². The van der Waals surface area contributed by atoms with Crippen LogP contribution in [0.15, 0.2) is 50.6 Å². The van der Waals surface area contributed by atoms with Gasteiger partial charge in [-0.3, -0.25) is 4.79 Å². The van der Waals surface area contributed by atoms with E-state index in [2.05, 4.69) is 10.1 Å². The van der Waals surface area contributed by atoms with Gasteiger partial charge in [0.05, 0.1) is 0 Å². The number of aryl methyl sites for hydroxylation is 1. The quantitative estimate of drug-likeness (QED) is 0.721. The average molecular weight is 275 g/mol. The smallest absolute Gasteiger partial charge is 0.267 e. The lowest BCUT2D eigenvalue weighted by Crippen LogP contribution is -2.16. The van der Waals surface area contributed by atoms with Crippen LogP contribution in [-0.2, 0) is 0 Å². The maximum atomic E-state index is 11.9. The molecule has 3 aromatic rings.